The maximum Gasteiger partial charge on any atom is 0.123 e. The first-order chi connectivity index (χ1) is 7.19. The van der Waals surface area contributed by atoms with Crippen LogP contribution in [0.3, 0.4) is 0 Å². The summed E-state index contributed by atoms with van der Waals surface area (Å²) in [5, 5.41) is 1.06. The van der Waals surface area contributed by atoms with E-state index in [1.54, 1.807) is 11.3 Å². The van der Waals surface area contributed by atoms with Crippen molar-refractivity contribution in [1.29, 1.82) is 0 Å². The highest BCUT2D eigenvalue weighted by Gasteiger charge is 2.04. The van der Waals surface area contributed by atoms with Gasteiger partial charge in [0.15, 0.2) is 0 Å². The van der Waals surface area contributed by atoms with E-state index >= 15 is 0 Å². The van der Waals surface area contributed by atoms with Gasteiger partial charge in [0.1, 0.15) is 5.01 Å². The highest BCUT2D eigenvalue weighted by molar-refractivity contribution is 7.15. The molecule has 78 valence electrons. The first-order valence-corrected chi connectivity index (χ1v) is 5.74. The lowest BCUT2D eigenvalue weighted by atomic mass is 10.1. The molecule has 0 aliphatic carbocycles. The number of hydrogen-bond acceptors (Lipinski definition) is 3. The van der Waals surface area contributed by atoms with Crippen LogP contribution in [-0.4, -0.2) is 4.98 Å². The number of rotatable bonds is 2. The lowest BCUT2D eigenvalue weighted by molar-refractivity contribution is 1.10. The van der Waals surface area contributed by atoms with Crippen LogP contribution in [0, 0.1) is 13.8 Å². The monoisotopic (exact) mass is 218 g/mol. The number of aryl methyl sites for hydroxylation is 2. The predicted molar refractivity (Wildman–Crippen MR) is 64.9 cm³/mol. The number of nitrogens with zero attached hydrogens (tertiary/aromatic N) is 1. The number of thiazole rings is 1. The minimum atomic E-state index is 0.572. The van der Waals surface area contributed by atoms with Crippen LogP contribution in [0.5, 0.6) is 0 Å². The molecule has 0 saturated heterocycles. The Hall–Kier alpha value is -1.19. The van der Waals surface area contributed by atoms with Crippen molar-refractivity contribution < 1.29 is 0 Å². The molecule has 0 fully saturated rings. The summed E-state index contributed by atoms with van der Waals surface area (Å²) in [6, 6.07) is 6.49. The van der Waals surface area contributed by atoms with E-state index in [2.05, 4.69) is 37.0 Å². The van der Waals surface area contributed by atoms with Gasteiger partial charge in [0.2, 0.25) is 0 Å². The van der Waals surface area contributed by atoms with Gasteiger partial charge in [-0.2, -0.15) is 0 Å². The highest BCUT2D eigenvalue weighted by Crippen LogP contribution is 2.26. The largest absolute Gasteiger partial charge is 0.326 e. The van der Waals surface area contributed by atoms with Gasteiger partial charge in [0.25, 0.3) is 0 Å². The topological polar surface area (TPSA) is 38.9 Å². The predicted octanol–water partition coefficient (Wildman–Crippen LogP) is 2.89. The van der Waals surface area contributed by atoms with E-state index in [0.29, 0.717) is 6.54 Å². The zero-order chi connectivity index (χ0) is 10.8. The van der Waals surface area contributed by atoms with Crippen LogP contribution in [0.1, 0.15) is 16.0 Å². The van der Waals surface area contributed by atoms with Gasteiger partial charge < -0.3 is 5.73 Å². The minimum absolute atomic E-state index is 0.572. The van der Waals surface area contributed by atoms with Gasteiger partial charge in [-0.1, -0.05) is 17.2 Å². The van der Waals surface area contributed by atoms with Gasteiger partial charge in [-0.25, -0.2) is 4.98 Å². The van der Waals surface area contributed by atoms with Gasteiger partial charge in [-0.15, -0.1) is 11.3 Å². The van der Waals surface area contributed by atoms with Gasteiger partial charge in [-0.05, 0) is 26.0 Å². The van der Waals surface area contributed by atoms with Gasteiger partial charge in [0, 0.05) is 23.2 Å². The van der Waals surface area contributed by atoms with Crippen LogP contribution in [-0.2, 0) is 6.54 Å². The van der Waals surface area contributed by atoms with E-state index in [1.807, 2.05) is 6.20 Å². The first-order valence-electron chi connectivity index (χ1n) is 4.92. The van der Waals surface area contributed by atoms with Crippen LogP contribution in [0.2, 0.25) is 0 Å². The van der Waals surface area contributed by atoms with E-state index in [0.717, 1.165) is 9.88 Å². The molecule has 0 saturated carbocycles. The second-order valence-electron chi connectivity index (χ2n) is 3.71. The molecule has 0 unspecified atom stereocenters. The summed E-state index contributed by atoms with van der Waals surface area (Å²) in [4.78, 5) is 5.51. The van der Waals surface area contributed by atoms with Crippen molar-refractivity contribution >= 4 is 11.3 Å². The molecular weight excluding hydrogens is 204 g/mol. The number of nitrogens with two attached hydrogens (primary N) is 1. The molecule has 2 rings (SSSR count). The third-order valence-electron chi connectivity index (χ3n) is 2.22. The Morgan fingerprint density at radius 3 is 2.40 bits per heavy atom. The maximum atomic E-state index is 5.57. The van der Waals surface area contributed by atoms with E-state index in [1.165, 1.54) is 16.7 Å². The third kappa shape index (κ3) is 2.25. The van der Waals surface area contributed by atoms with Gasteiger partial charge in [0.05, 0.1) is 0 Å². The summed E-state index contributed by atoms with van der Waals surface area (Å²) >= 11 is 1.67. The maximum absolute atomic E-state index is 5.57. The molecule has 3 heteroatoms. The second-order valence-corrected chi connectivity index (χ2v) is 4.83. The van der Waals surface area contributed by atoms with E-state index in [9.17, 15) is 0 Å². The molecule has 0 aliphatic heterocycles. The zero-order valence-corrected chi connectivity index (χ0v) is 9.77. The van der Waals surface area contributed by atoms with Crippen molar-refractivity contribution in [2.75, 3.05) is 0 Å². The summed E-state index contributed by atoms with van der Waals surface area (Å²) in [6.45, 7) is 4.78. The molecule has 15 heavy (non-hydrogen) atoms. The van der Waals surface area contributed by atoms with Crippen LogP contribution >= 0.6 is 11.3 Å². The van der Waals surface area contributed by atoms with Crippen molar-refractivity contribution in [1.82, 2.24) is 4.98 Å². The van der Waals surface area contributed by atoms with E-state index in [-0.39, 0.29) is 0 Å². The van der Waals surface area contributed by atoms with Crippen molar-refractivity contribution in [3.8, 4) is 10.6 Å². The molecule has 1 aromatic heterocycles. The Labute approximate surface area is 93.8 Å². The summed E-state index contributed by atoms with van der Waals surface area (Å²) in [7, 11) is 0. The van der Waals surface area contributed by atoms with Crippen LogP contribution < -0.4 is 5.73 Å². The van der Waals surface area contributed by atoms with Crippen molar-refractivity contribution in [2.45, 2.75) is 20.4 Å². The quantitative estimate of drug-likeness (QED) is 0.841. The molecule has 0 bridgehead atoms. The molecule has 1 aromatic carbocycles. The Morgan fingerprint density at radius 2 is 1.87 bits per heavy atom. The molecule has 2 aromatic rings. The molecule has 2 nitrogen and oxygen atoms in total. The zero-order valence-electron chi connectivity index (χ0n) is 8.95. The fraction of sp³-hybridized carbons (Fsp3) is 0.250. The van der Waals surface area contributed by atoms with Crippen LogP contribution in [0.4, 0.5) is 0 Å². The highest BCUT2D eigenvalue weighted by atomic mass is 32.1. The number of benzene rings is 1. The third-order valence-corrected chi connectivity index (χ3v) is 3.29. The summed E-state index contributed by atoms with van der Waals surface area (Å²) in [6.07, 6.45) is 1.86. The van der Waals surface area contributed by atoms with Crippen LogP contribution in [0.25, 0.3) is 10.6 Å². The van der Waals surface area contributed by atoms with Crippen molar-refractivity contribution in [3.05, 3.63) is 40.4 Å². The molecular formula is C12H14N2S. The summed E-state index contributed by atoms with van der Waals surface area (Å²) in [5.74, 6) is 0. The smallest absolute Gasteiger partial charge is 0.123 e. The standard InChI is InChI=1S/C12H14N2S/c1-8-3-9(2)5-10(4-8)12-14-7-11(6-13)15-12/h3-5,7H,6,13H2,1-2H3. The molecule has 0 atom stereocenters. The van der Waals surface area contributed by atoms with Gasteiger partial charge >= 0.3 is 0 Å². The molecule has 0 amide bonds. The fourth-order valence-electron chi connectivity index (χ4n) is 1.63. The molecule has 2 N–H and O–H groups in total. The first kappa shape index (κ1) is 10.3. The van der Waals surface area contributed by atoms with Crippen molar-refractivity contribution in [2.24, 2.45) is 5.73 Å². The normalized spacial score (nSPS) is 10.6. The average Bonchev–Trinajstić information content (AvgIpc) is 2.64. The van der Waals surface area contributed by atoms with E-state index < -0.39 is 0 Å². The second kappa shape index (κ2) is 4.13. The van der Waals surface area contributed by atoms with Gasteiger partial charge in [-0.3, -0.25) is 0 Å². The Bertz CT molecular complexity index is 454. The van der Waals surface area contributed by atoms with E-state index in [4.69, 9.17) is 5.73 Å². The average molecular weight is 218 g/mol. The number of aromatic nitrogens is 1. The number of hydrogen-bond donors (Lipinski definition) is 1. The minimum Gasteiger partial charge on any atom is -0.326 e. The summed E-state index contributed by atoms with van der Waals surface area (Å²) in [5.41, 5.74) is 9.31. The Morgan fingerprint density at radius 1 is 1.20 bits per heavy atom. The van der Waals surface area contributed by atoms with Crippen LogP contribution in [0.15, 0.2) is 24.4 Å². The molecule has 0 spiro atoms. The fourth-order valence-corrected chi connectivity index (χ4v) is 2.41. The molecule has 1 heterocycles. The molecule has 0 radical (unpaired) electrons. The lowest BCUT2D eigenvalue weighted by Crippen LogP contribution is -1.91. The SMILES string of the molecule is Cc1cc(C)cc(-c2ncc(CN)s2)c1. The molecule has 0 aliphatic rings. The summed E-state index contributed by atoms with van der Waals surface area (Å²) < 4.78 is 0. The van der Waals surface area contributed by atoms with Crippen molar-refractivity contribution in [3.63, 3.8) is 0 Å². The lowest BCUT2D eigenvalue weighted by Gasteiger charge is -2.01. The Kier molecular flexibility index (Phi) is 2.84. The Balaban J connectivity index is 2.44.